The van der Waals surface area contributed by atoms with Crippen LogP contribution in [0.4, 0.5) is 30.5 Å². The summed E-state index contributed by atoms with van der Waals surface area (Å²) in [5.41, 5.74) is -0.483. The number of anilines is 3. The molecule has 2 heterocycles. The van der Waals surface area contributed by atoms with Gasteiger partial charge in [-0.25, -0.2) is 9.97 Å². The molecule has 7 nitrogen and oxygen atoms in total. The lowest BCUT2D eigenvalue weighted by molar-refractivity contribution is -0.141. The number of nitrogens with one attached hydrogen (secondary N) is 3. The number of alkyl halides is 3. The molecule has 1 aliphatic rings. The Labute approximate surface area is 181 Å². The Balaban J connectivity index is 1.57. The quantitative estimate of drug-likeness (QED) is 0.544. The highest BCUT2D eigenvalue weighted by Crippen LogP contribution is 2.32. The van der Waals surface area contributed by atoms with Crippen molar-refractivity contribution in [3.63, 3.8) is 0 Å². The molecule has 0 aliphatic carbocycles. The van der Waals surface area contributed by atoms with Crippen molar-refractivity contribution in [2.45, 2.75) is 25.1 Å². The maximum atomic E-state index is 13.6. The molecule has 32 heavy (non-hydrogen) atoms. The zero-order chi connectivity index (χ0) is 22.7. The summed E-state index contributed by atoms with van der Waals surface area (Å²) in [4.78, 5) is 31.5. The summed E-state index contributed by atoms with van der Waals surface area (Å²) in [7, 11) is 0. The van der Waals surface area contributed by atoms with Gasteiger partial charge in [-0.3, -0.25) is 9.59 Å². The second-order valence-corrected chi connectivity index (χ2v) is 7.18. The van der Waals surface area contributed by atoms with Crippen LogP contribution in [0.15, 0.2) is 60.8 Å². The van der Waals surface area contributed by atoms with E-state index in [9.17, 15) is 22.8 Å². The van der Waals surface area contributed by atoms with Gasteiger partial charge in [-0.05, 0) is 36.2 Å². The average molecular weight is 441 g/mol. The molecule has 2 aromatic carbocycles. The summed E-state index contributed by atoms with van der Waals surface area (Å²) in [6.07, 6.45) is -3.01. The highest BCUT2D eigenvalue weighted by molar-refractivity contribution is 6.05. The Morgan fingerprint density at radius 1 is 1.06 bits per heavy atom. The van der Waals surface area contributed by atoms with Crippen LogP contribution in [0.2, 0.25) is 0 Å². The molecule has 0 radical (unpaired) electrons. The minimum atomic E-state index is -4.86. The van der Waals surface area contributed by atoms with E-state index in [1.54, 1.807) is 54.6 Å². The fraction of sp³-hybridized carbons (Fsp3) is 0.182. The van der Waals surface area contributed by atoms with Gasteiger partial charge in [-0.2, -0.15) is 13.2 Å². The minimum absolute atomic E-state index is 0.0689. The third-order valence-electron chi connectivity index (χ3n) is 4.87. The lowest BCUT2D eigenvalue weighted by Crippen LogP contribution is -2.22. The average Bonchev–Trinajstić information content (AvgIpc) is 3.20. The van der Waals surface area contributed by atoms with Crippen LogP contribution in [0.5, 0.6) is 0 Å². The van der Waals surface area contributed by atoms with E-state index in [4.69, 9.17) is 0 Å². The molecule has 0 spiro atoms. The third-order valence-corrected chi connectivity index (χ3v) is 4.87. The molecule has 1 fully saturated rings. The zero-order valence-corrected chi connectivity index (χ0v) is 16.6. The summed E-state index contributed by atoms with van der Waals surface area (Å²) in [5, 5.41) is 7.96. The van der Waals surface area contributed by atoms with Gasteiger partial charge in [0.05, 0.1) is 11.6 Å². The predicted octanol–water partition coefficient (Wildman–Crippen LogP) is 4.44. The SMILES string of the molecule is O=C1CCC(c2cccc(NC(=O)c3cnc(Nc4ccccc4)nc3C(F)(F)F)c2)N1. The van der Waals surface area contributed by atoms with Crippen LogP contribution >= 0.6 is 0 Å². The zero-order valence-electron chi connectivity index (χ0n) is 16.6. The fourth-order valence-electron chi connectivity index (χ4n) is 3.37. The van der Waals surface area contributed by atoms with Gasteiger partial charge in [0.25, 0.3) is 5.91 Å². The number of para-hydroxylation sites is 1. The van der Waals surface area contributed by atoms with Crippen molar-refractivity contribution in [3.05, 3.63) is 77.6 Å². The molecular formula is C22H18F3N5O2. The van der Waals surface area contributed by atoms with E-state index in [0.717, 1.165) is 11.8 Å². The second-order valence-electron chi connectivity index (χ2n) is 7.18. The molecule has 4 rings (SSSR count). The van der Waals surface area contributed by atoms with Crippen molar-refractivity contribution in [1.82, 2.24) is 15.3 Å². The first-order valence-electron chi connectivity index (χ1n) is 9.76. The lowest BCUT2D eigenvalue weighted by atomic mass is 10.0. The van der Waals surface area contributed by atoms with Crippen LogP contribution < -0.4 is 16.0 Å². The first-order valence-corrected chi connectivity index (χ1v) is 9.76. The van der Waals surface area contributed by atoms with Crippen molar-refractivity contribution in [2.75, 3.05) is 10.6 Å². The molecule has 10 heteroatoms. The highest BCUT2D eigenvalue weighted by atomic mass is 19.4. The molecule has 3 N–H and O–H groups in total. The fourth-order valence-corrected chi connectivity index (χ4v) is 3.37. The highest BCUT2D eigenvalue weighted by Gasteiger charge is 2.38. The number of hydrogen-bond acceptors (Lipinski definition) is 5. The first kappa shape index (κ1) is 21.3. The number of carbonyl (C=O) groups excluding carboxylic acids is 2. The van der Waals surface area contributed by atoms with E-state index in [1.165, 1.54) is 0 Å². The largest absolute Gasteiger partial charge is 0.434 e. The second kappa shape index (κ2) is 8.66. The van der Waals surface area contributed by atoms with E-state index in [1.807, 2.05) is 0 Å². The van der Waals surface area contributed by atoms with Crippen LogP contribution in [-0.2, 0) is 11.0 Å². The van der Waals surface area contributed by atoms with Gasteiger partial charge in [0.1, 0.15) is 0 Å². The summed E-state index contributed by atoms with van der Waals surface area (Å²) in [5.74, 6) is -1.34. The number of halogens is 3. The van der Waals surface area contributed by atoms with Gasteiger partial charge in [-0.15, -0.1) is 0 Å². The van der Waals surface area contributed by atoms with Gasteiger partial charge in [0.2, 0.25) is 11.9 Å². The molecule has 1 saturated heterocycles. The number of rotatable bonds is 5. The minimum Gasteiger partial charge on any atom is -0.349 e. The molecule has 0 saturated carbocycles. The molecule has 1 atom stereocenters. The predicted molar refractivity (Wildman–Crippen MR) is 111 cm³/mol. The van der Waals surface area contributed by atoms with Crippen LogP contribution in [0, 0.1) is 0 Å². The summed E-state index contributed by atoms with van der Waals surface area (Å²) < 4.78 is 40.9. The van der Waals surface area contributed by atoms with E-state index in [-0.39, 0.29) is 17.9 Å². The maximum Gasteiger partial charge on any atom is 0.434 e. The van der Waals surface area contributed by atoms with Gasteiger partial charge >= 0.3 is 6.18 Å². The Kier molecular flexibility index (Phi) is 5.76. The van der Waals surface area contributed by atoms with Gasteiger partial charge in [0.15, 0.2) is 5.69 Å². The van der Waals surface area contributed by atoms with E-state index in [2.05, 4.69) is 25.9 Å². The van der Waals surface area contributed by atoms with E-state index >= 15 is 0 Å². The van der Waals surface area contributed by atoms with Gasteiger partial charge < -0.3 is 16.0 Å². The Morgan fingerprint density at radius 2 is 1.81 bits per heavy atom. The maximum absolute atomic E-state index is 13.6. The standard InChI is InChI=1S/C22H18F3N5O2/c23-22(24,25)19-16(12-26-21(30-19)28-14-6-2-1-3-7-14)20(32)27-15-8-4-5-13(11-15)17-9-10-18(31)29-17/h1-8,11-12,17H,9-10H2,(H,27,32)(H,29,31)(H,26,28,30). The Hall–Kier alpha value is -3.95. The molecule has 0 bridgehead atoms. The van der Waals surface area contributed by atoms with Crippen LogP contribution in [0.1, 0.15) is 40.5 Å². The number of nitrogens with zero attached hydrogens (tertiary/aromatic N) is 2. The molecule has 164 valence electrons. The van der Waals surface area contributed by atoms with Crippen molar-refractivity contribution in [2.24, 2.45) is 0 Å². The number of benzene rings is 2. The number of hydrogen-bond donors (Lipinski definition) is 3. The smallest absolute Gasteiger partial charge is 0.349 e. The molecule has 1 unspecified atom stereocenters. The molecule has 1 aliphatic heterocycles. The molecule has 2 amide bonds. The Morgan fingerprint density at radius 3 is 2.50 bits per heavy atom. The topological polar surface area (TPSA) is 96.0 Å². The van der Waals surface area contributed by atoms with Crippen molar-refractivity contribution < 1.29 is 22.8 Å². The van der Waals surface area contributed by atoms with Crippen LogP contribution in [-0.4, -0.2) is 21.8 Å². The summed E-state index contributed by atoms with van der Waals surface area (Å²) in [6.45, 7) is 0. The van der Waals surface area contributed by atoms with Gasteiger partial charge in [-0.1, -0.05) is 30.3 Å². The lowest BCUT2D eigenvalue weighted by Gasteiger charge is -2.15. The van der Waals surface area contributed by atoms with Crippen LogP contribution in [0.25, 0.3) is 0 Å². The van der Waals surface area contributed by atoms with E-state index in [0.29, 0.717) is 24.2 Å². The monoisotopic (exact) mass is 441 g/mol. The number of carbonyl (C=O) groups is 2. The molecule has 1 aromatic heterocycles. The van der Waals surface area contributed by atoms with Crippen LogP contribution in [0.3, 0.4) is 0 Å². The van der Waals surface area contributed by atoms with Crippen molar-refractivity contribution in [1.29, 1.82) is 0 Å². The van der Waals surface area contributed by atoms with Crippen molar-refractivity contribution >= 4 is 29.1 Å². The summed E-state index contributed by atoms with van der Waals surface area (Å²) >= 11 is 0. The Bertz CT molecular complexity index is 1150. The molecular weight excluding hydrogens is 423 g/mol. The third kappa shape index (κ3) is 4.85. The number of amides is 2. The van der Waals surface area contributed by atoms with Crippen molar-refractivity contribution in [3.8, 4) is 0 Å². The molecule has 3 aromatic rings. The van der Waals surface area contributed by atoms with Gasteiger partial charge in [0, 0.05) is 24.0 Å². The van der Waals surface area contributed by atoms with E-state index < -0.39 is 23.3 Å². The first-order chi connectivity index (χ1) is 15.3. The summed E-state index contributed by atoms with van der Waals surface area (Å²) in [6, 6.07) is 14.9. The normalized spacial score (nSPS) is 15.8. The number of aromatic nitrogens is 2.